The molecular formula is C18H21Cl3N2O2. The van der Waals surface area contributed by atoms with Crippen molar-refractivity contribution in [1.29, 1.82) is 0 Å². The van der Waals surface area contributed by atoms with Crippen LogP contribution in [-0.4, -0.2) is 17.6 Å². The van der Waals surface area contributed by atoms with Crippen LogP contribution in [0, 0.1) is 5.92 Å². The van der Waals surface area contributed by atoms with Gasteiger partial charge in [0.2, 0.25) is 5.91 Å². The lowest BCUT2D eigenvalue weighted by atomic mass is 9.94. The van der Waals surface area contributed by atoms with E-state index in [0.29, 0.717) is 15.6 Å². The van der Waals surface area contributed by atoms with Gasteiger partial charge in [-0.25, -0.2) is 0 Å². The Kier molecular flexibility index (Phi) is 8.69. The van der Waals surface area contributed by atoms with Crippen molar-refractivity contribution in [2.24, 2.45) is 11.7 Å². The number of aliphatic hydroxyl groups is 1. The van der Waals surface area contributed by atoms with Crippen molar-refractivity contribution in [1.82, 2.24) is 5.32 Å². The van der Waals surface area contributed by atoms with Gasteiger partial charge in [-0.3, -0.25) is 4.79 Å². The molecule has 0 saturated heterocycles. The first-order chi connectivity index (χ1) is 11.4. The second-order valence-corrected chi connectivity index (χ2v) is 6.44. The number of carbonyl (C=O) groups excluding carboxylic acids is 1. The highest BCUT2D eigenvalue weighted by Gasteiger charge is 2.23. The number of hydrogen-bond acceptors (Lipinski definition) is 3. The van der Waals surface area contributed by atoms with Crippen LogP contribution in [0.4, 0.5) is 0 Å². The predicted molar refractivity (Wildman–Crippen MR) is 104 cm³/mol. The van der Waals surface area contributed by atoms with E-state index in [-0.39, 0.29) is 24.9 Å². The molecule has 3 unspecified atom stereocenters. The Morgan fingerprint density at radius 1 is 1.12 bits per heavy atom. The molecule has 0 bridgehead atoms. The molecule has 0 heterocycles. The summed E-state index contributed by atoms with van der Waals surface area (Å²) in [5.41, 5.74) is 7.43. The lowest BCUT2D eigenvalue weighted by molar-refractivity contribution is -0.125. The maximum Gasteiger partial charge on any atom is 0.224 e. The van der Waals surface area contributed by atoms with Crippen LogP contribution in [-0.2, 0) is 4.79 Å². The SMILES string of the molecule is CC(C(=O)NCC(O)c1c(Cl)cccc1Cl)C(N)c1ccccc1.Cl. The molecule has 2 aromatic carbocycles. The summed E-state index contributed by atoms with van der Waals surface area (Å²) in [5.74, 6) is -0.685. The van der Waals surface area contributed by atoms with E-state index >= 15 is 0 Å². The number of amides is 1. The number of nitrogens with two attached hydrogens (primary N) is 1. The average molecular weight is 404 g/mol. The van der Waals surface area contributed by atoms with Crippen LogP contribution in [0.2, 0.25) is 10.0 Å². The van der Waals surface area contributed by atoms with E-state index in [1.807, 2.05) is 30.3 Å². The van der Waals surface area contributed by atoms with Gasteiger partial charge in [0, 0.05) is 28.2 Å². The van der Waals surface area contributed by atoms with E-state index in [9.17, 15) is 9.90 Å². The molecule has 0 radical (unpaired) electrons. The fraction of sp³-hybridized carbons (Fsp3) is 0.278. The number of carbonyl (C=O) groups is 1. The van der Waals surface area contributed by atoms with Gasteiger partial charge in [0.25, 0.3) is 0 Å². The summed E-state index contributed by atoms with van der Waals surface area (Å²) in [7, 11) is 0. The molecule has 0 aliphatic heterocycles. The molecule has 3 atom stereocenters. The van der Waals surface area contributed by atoms with Crippen LogP contribution in [0.3, 0.4) is 0 Å². The molecule has 2 rings (SSSR count). The molecule has 0 saturated carbocycles. The van der Waals surface area contributed by atoms with Gasteiger partial charge in [0.05, 0.1) is 12.0 Å². The van der Waals surface area contributed by atoms with E-state index in [1.165, 1.54) is 0 Å². The average Bonchev–Trinajstić information content (AvgIpc) is 2.59. The zero-order valence-electron chi connectivity index (χ0n) is 13.7. The molecular weight excluding hydrogens is 383 g/mol. The number of hydrogen-bond donors (Lipinski definition) is 3. The molecule has 0 aromatic heterocycles. The monoisotopic (exact) mass is 402 g/mol. The van der Waals surface area contributed by atoms with Crippen LogP contribution >= 0.6 is 35.6 Å². The van der Waals surface area contributed by atoms with E-state index in [4.69, 9.17) is 28.9 Å². The summed E-state index contributed by atoms with van der Waals surface area (Å²) in [6.07, 6.45) is -0.990. The van der Waals surface area contributed by atoms with Gasteiger partial charge < -0.3 is 16.2 Å². The molecule has 136 valence electrons. The quantitative estimate of drug-likeness (QED) is 0.684. The topological polar surface area (TPSA) is 75.3 Å². The standard InChI is InChI=1S/C18H20Cl2N2O2.ClH/c1-11(17(21)12-6-3-2-4-7-12)18(24)22-10-15(23)16-13(19)8-5-9-14(16)20;/h2-9,11,15,17,23H,10,21H2,1H3,(H,22,24);1H. The maximum absolute atomic E-state index is 12.3. The molecule has 4 N–H and O–H groups in total. The first-order valence-electron chi connectivity index (χ1n) is 7.62. The maximum atomic E-state index is 12.3. The van der Waals surface area contributed by atoms with Gasteiger partial charge in [0.1, 0.15) is 0 Å². The van der Waals surface area contributed by atoms with Crippen molar-refractivity contribution in [3.8, 4) is 0 Å². The summed E-state index contributed by atoms with van der Waals surface area (Å²) in [6.45, 7) is 1.76. The second-order valence-electron chi connectivity index (χ2n) is 5.62. The largest absolute Gasteiger partial charge is 0.386 e. The number of benzene rings is 2. The number of halogens is 3. The fourth-order valence-electron chi connectivity index (χ4n) is 2.42. The van der Waals surface area contributed by atoms with Crippen LogP contribution < -0.4 is 11.1 Å². The third-order valence-corrected chi connectivity index (χ3v) is 4.60. The Bertz CT molecular complexity index is 678. The lowest BCUT2D eigenvalue weighted by Gasteiger charge is -2.21. The highest BCUT2D eigenvalue weighted by atomic mass is 35.5. The van der Waals surface area contributed by atoms with Gasteiger partial charge in [-0.2, -0.15) is 0 Å². The van der Waals surface area contributed by atoms with Crippen molar-refractivity contribution < 1.29 is 9.90 Å². The zero-order chi connectivity index (χ0) is 17.7. The molecule has 0 spiro atoms. The van der Waals surface area contributed by atoms with Gasteiger partial charge in [0.15, 0.2) is 0 Å². The van der Waals surface area contributed by atoms with Gasteiger partial charge in [-0.15, -0.1) is 12.4 Å². The summed E-state index contributed by atoms with van der Waals surface area (Å²) in [5, 5.41) is 13.7. The second kappa shape index (κ2) is 10.00. The first kappa shape index (κ1) is 21.7. The fourth-order valence-corrected chi connectivity index (χ4v) is 3.07. The first-order valence-corrected chi connectivity index (χ1v) is 8.37. The minimum Gasteiger partial charge on any atom is -0.386 e. The van der Waals surface area contributed by atoms with Crippen LogP contribution in [0.5, 0.6) is 0 Å². The smallest absolute Gasteiger partial charge is 0.224 e. The zero-order valence-corrected chi connectivity index (χ0v) is 16.0. The van der Waals surface area contributed by atoms with Crippen molar-refractivity contribution in [2.75, 3.05) is 6.54 Å². The Hall–Kier alpha value is -1.30. The molecule has 0 aliphatic carbocycles. The van der Waals surface area contributed by atoms with Gasteiger partial charge in [-0.1, -0.05) is 66.5 Å². The molecule has 0 aliphatic rings. The normalized spacial score (nSPS) is 14.1. The Labute approximate surface area is 163 Å². The summed E-state index contributed by atoms with van der Waals surface area (Å²) in [6, 6.07) is 14.0. The van der Waals surface area contributed by atoms with E-state index in [2.05, 4.69) is 5.32 Å². The Morgan fingerprint density at radius 2 is 1.68 bits per heavy atom. The van der Waals surface area contributed by atoms with Crippen LogP contribution in [0.15, 0.2) is 48.5 Å². The lowest BCUT2D eigenvalue weighted by Crippen LogP contribution is -2.37. The molecule has 4 nitrogen and oxygen atoms in total. The molecule has 2 aromatic rings. The highest BCUT2D eigenvalue weighted by Crippen LogP contribution is 2.30. The van der Waals surface area contributed by atoms with Gasteiger partial charge >= 0.3 is 0 Å². The summed E-state index contributed by atoms with van der Waals surface area (Å²) < 4.78 is 0. The van der Waals surface area contributed by atoms with Crippen molar-refractivity contribution in [2.45, 2.75) is 19.1 Å². The number of nitrogens with one attached hydrogen (secondary N) is 1. The Balaban J connectivity index is 0.00000312. The highest BCUT2D eigenvalue weighted by molar-refractivity contribution is 6.36. The van der Waals surface area contributed by atoms with Crippen molar-refractivity contribution >= 4 is 41.5 Å². The molecule has 7 heteroatoms. The number of rotatable bonds is 6. The third-order valence-electron chi connectivity index (χ3n) is 3.94. The van der Waals surface area contributed by atoms with Crippen molar-refractivity contribution in [3.05, 3.63) is 69.7 Å². The molecule has 1 amide bonds. The minimum absolute atomic E-state index is 0. The van der Waals surface area contributed by atoms with Crippen LogP contribution in [0.25, 0.3) is 0 Å². The summed E-state index contributed by atoms with van der Waals surface area (Å²) >= 11 is 12.1. The minimum atomic E-state index is -0.990. The van der Waals surface area contributed by atoms with E-state index in [1.54, 1.807) is 25.1 Å². The number of aliphatic hydroxyl groups excluding tert-OH is 1. The van der Waals surface area contributed by atoms with Crippen LogP contribution in [0.1, 0.15) is 30.2 Å². The predicted octanol–water partition coefficient (Wildman–Crippen LogP) is 3.90. The van der Waals surface area contributed by atoms with Gasteiger partial charge in [-0.05, 0) is 17.7 Å². The van der Waals surface area contributed by atoms with Crippen molar-refractivity contribution in [3.63, 3.8) is 0 Å². The summed E-state index contributed by atoms with van der Waals surface area (Å²) in [4.78, 5) is 12.3. The Morgan fingerprint density at radius 3 is 2.24 bits per heavy atom. The van der Waals surface area contributed by atoms with E-state index < -0.39 is 18.1 Å². The third kappa shape index (κ3) is 5.59. The van der Waals surface area contributed by atoms with E-state index in [0.717, 1.165) is 5.56 Å². The molecule has 0 fully saturated rings. The molecule has 25 heavy (non-hydrogen) atoms.